The lowest BCUT2D eigenvalue weighted by molar-refractivity contribution is 0.590. The van der Waals surface area contributed by atoms with E-state index in [0.717, 1.165) is 40.3 Å². The molecule has 0 unspecified atom stereocenters. The maximum atomic E-state index is 6.09. The van der Waals surface area contributed by atoms with E-state index < -0.39 is 0 Å². The first-order chi connectivity index (χ1) is 7.13. The van der Waals surface area contributed by atoms with Crippen molar-refractivity contribution < 1.29 is 0 Å². The van der Waals surface area contributed by atoms with Crippen molar-refractivity contribution in [2.75, 3.05) is 6.54 Å². The first-order valence-corrected chi connectivity index (χ1v) is 6.63. The van der Waals surface area contributed by atoms with Crippen LogP contribution < -0.4 is 11.5 Å². The SMILES string of the molecule is Cl.NCCCC[C@@H](N)c1cc(Br)cc(Br)c1. The van der Waals surface area contributed by atoms with Gasteiger partial charge < -0.3 is 11.5 Å². The summed E-state index contributed by atoms with van der Waals surface area (Å²) < 4.78 is 2.11. The highest BCUT2D eigenvalue weighted by atomic mass is 79.9. The van der Waals surface area contributed by atoms with Gasteiger partial charge in [0.05, 0.1) is 0 Å². The van der Waals surface area contributed by atoms with Gasteiger partial charge in [-0.1, -0.05) is 38.3 Å². The zero-order valence-corrected chi connectivity index (χ0v) is 12.9. The monoisotopic (exact) mass is 370 g/mol. The average Bonchev–Trinajstić information content (AvgIpc) is 2.16. The largest absolute Gasteiger partial charge is 0.330 e. The summed E-state index contributed by atoms with van der Waals surface area (Å²) in [7, 11) is 0. The van der Waals surface area contributed by atoms with Crippen LogP contribution in [0.4, 0.5) is 0 Å². The lowest BCUT2D eigenvalue weighted by atomic mass is 10.0. The highest BCUT2D eigenvalue weighted by Gasteiger charge is 2.07. The van der Waals surface area contributed by atoms with Gasteiger partial charge in [0.1, 0.15) is 0 Å². The summed E-state index contributed by atoms with van der Waals surface area (Å²) in [4.78, 5) is 0. The van der Waals surface area contributed by atoms with Crippen molar-refractivity contribution in [3.63, 3.8) is 0 Å². The second kappa shape index (κ2) is 8.48. The predicted octanol–water partition coefficient (Wildman–Crippen LogP) is 3.76. The van der Waals surface area contributed by atoms with Gasteiger partial charge in [0.15, 0.2) is 0 Å². The summed E-state index contributed by atoms with van der Waals surface area (Å²) in [5, 5.41) is 0. The number of nitrogens with two attached hydrogens (primary N) is 2. The zero-order chi connectivity index (χ0) is 11.3. The maximum Gasteiger partial charge on any atom is 0.0295 e. The molecule has 1 aromatic carbocycles. The van der Waals surface area contributed by atoms with Crippen molar-refractivity contribution in [3.8, 4) is 0 Å². The second-order valence-corrected chi connectivity index (χ2v) is 5.43. The van der Waals surface area contributed by atoms with Crippen molar-refractivity contribution in [1.29, 1.82) is 0 Å². The van der Waals surface area contributed by atoms with Crippen LogP contribution in [-0.2, 0) is 0 Å². The Bertz CT molecular complexity index is 301. The van der Waals surface area contributed by atoms with Crippen LogP contribution in [0, 0.1) is 0 Å². The Morgan fingerprint density at radius 3 is 2.12 bits per heavy atom. The third-order valence-electron chi connectivity index (χ3n) is 2.28. The molecule has 0 saturated carbocycles. The van der Waals surface area contributed by atoms with Gasteiger partial charge in [-0.15, -0.1) is 12.4 Å². The quantitative estimate of drug-likeness (QED) is 0.773. The van der Waals surface area contributed by atoms with E-state index in [1.54, 1.807) is 0 Å². The van der Waals surface area contributed by atoms with Gasteiger partial charge >= 0.3 is 0 Å². The van der Waals surface area contributed by atoms with Gasteiger partial charge in [0, 0.05) is 15.0 Å². The molecule has 92 valence electrons. The van der Waals surface area contributed by atoms with Crippen LogP contribution in [0.5, 0.6) is 0 Å². The normalized spacial score (nSPS) is 12.0. The molecule has 16 heavy (non-hydrogen) atoms. The molecule has 0 aliphatic rings. The van der Waals surface area contributed by atoms with Crippen LogP contribution in [0.1, 0.15) is 30.9 Å². The molecule has 0 heterocycles. The minimum Gasteiger partial charge on any atom is -0.330 e. The predicted molar refractivity (Wildman–Crippen MR) is 78.9 cm³/mol. The molecular weight excluding hydrogens is 355 g/mol. The molecule has 2 nitrogen and oxygen atoms in total. The van der Waals surface area contributed by atoms with E-state index >= 15 is 0 Å². The Balaban J connectivity index is 0.00000225. The van der Waals surface area contributed by atoms with Crippen molar-refractivity contribution in [1.82, 2.24) is 0 Å². The van der Waals surface area contributed by atoms with Gasteiger partial charge in [-0.25, -0.2) is 0 Å². The molecule has 0 aliphatic carbocycles. The number of halogens is 3. The Morgan fingerprint density at radius 2 is 1.62 bits per heavy atom. The molecular formula is C11H17Br2ClN2. The lowest BCUT2D eigenvalue weighted by Gasteiger charge is -2.12. The van der Waals surface area contributed by atoms with Gasteiger partial charge in [-0.3, -0.25) is 0 Å². The van der Waals surface area contributed by atoms with Gasteiger partial charge in [-0.05, 0) is 43.1 Å². The highest BCUT2D eigenvalue weighted by molar-refractivity contribution is 9.11. The van der Waals surface area contributed by atoms with Gasteiger partial charge in [0.2, 0.25) is 0 Å². The minimum atomic E-state index is 0. The molecule has 4 N–H and O–H groups in total. The summed E-state index contributed by atoms with van der Waals surface area (Å²) in [5.41, 5.74) is 12.7. The summed E-state index contributed by atoms with van der Waals surface area (Å²) in [6.07, 6.45) is 3.12. The van der Waals surface area contributed by atoms with Crippen LogP contribution >= 0.6 is 44.3 Å². The van der Waals surface area contributed by atoms with E-state index in [9.17, 15) is 0 Å². The summed E-state index contributed by atoms with van der Waals surface area (Å²) in [6.45, 7) is 0.745. The van der Waals surface area contributed by atoms with E-state index in [-0.39, 0.29) is 18.4 Å². The number of unbranched alkanes of at least 4 members (excludes halogenated alkanes) is 1. The van der Waals surface area contributed by atoms with E-state index in [0.29, 0.717) is 0 Å². The molecule has 0 radical (unpaired) electrons. The first-order valence-electron chi connectivity index (χ1n) is 5.05. The van der Waals surface area contributed by atoms with Crippen molar-refractivity contribution >= 4 is 44.3 Å². The minimum absolute atomic E-state index is 0. The fourth-order valence-electron chi connectivity index (χ4n) is 1.46. The topological polar surface area (TPSA) is 52.0 Å². The molecule has 0 spiro atoms. The third kappa shape index (κ3) is 5.64. The molecule has 0 aromatic heterocycles. The molecule has 1 aromatic rings. The Morgan fingerprint density at radius 1 is 1.06 bits per heavy atom. The average molecular weight is 373 g/mol. The Kier molecular flexibility index (Phi) is 8.68. The smallest absolute Gasteiger partial charge is 0.0295 e. The van der Waals surface area contributed by atoms with Crippen molar-refractivity contribution in [3.05, 3.63) is 32.7 Å². The summed E-state index contributed by atoms with van der Waals surface area (Å²) >= 11 is 6.92. The van der Waals surface area contributed by atoms with Crippen molar-refractivity contribution in [2.24, 2.45) is 11.5 Å². The number of hydrogen-bond donors (Lipinski definition) is 2. The molecule has 0 amide bonds. The third-order valence-corrected chi connectivity index (χ3v) is 3.20. The van der Waals surface area contributed by atoms with Crippen LogP contribution in [-0.4, -0.2) is 6.54 Å². The van der Waals surface area contributed by atoms with E-state index in [1.165, 1.54) is 0 Å². The Labute approximate surface area is 120 Å². The lowest BCUT2D eigenvalue weighted by Crippen LogP contribution is -2.11. The van der Waals surface area contributed by atoms with Crippen LogP contribution in [0.2, 0.25) is 0 Å². The maximum absolute atomic E-state index is 6.09. The second-order valence-electron chi connectivity index (χ2n) is 3.59. The molecule has 0 saturated heterocycles. The fourth-order valence-corrected chi connectivity index (χ4v) is 2.79. The first kappa shape index (κ1) is 16.4. The van der Waals surface area contributed by atoms with Gasteiger partial charge in [-0.2, -0.15) is 0 Å². The van der Waals surface area contributed by atoms with E-state index in [1.807, 2.05) is 6.07 Å². The van der Waals surface area contributed by atoms with Crippen molar-refractivity contribution in [2.45, 2.75) is 25.3 Å². The number of benzene rings is 1. The van der Waals surface area contributed by atoms with E-state index in [4.69, 9.17) is 11.5 Å². The standard InChI is InChI=1S/C11H16Br2N2.ClH/c12-9-5-8(6-10(13)7-9)11(15)3-1-2-4-14;/h5-7,11H,1-4,14-15H2;1H/t11-;/m1./s1. The Hall–Kier alpha value is 0.390. The van der Waals surface area contributed by atoms with E-state index in [2.05, 4.69) is 44.0 Å². The van der Waals surface area contributed by atoms with Gasteiger partial charge in [0.25, 0.3) is 0 Å². The molecule has 1 rings (SSSR count). The van der Waals surface area contributed by atoms with Crippen LogP contribution in [0.25, 0.3) is 0 Å². The molecule has 1 atom stereocenters. The van der Waals surface area contributed by atoms with Crippen LogP contribution in [0.15, 0.2) is 27.1 Å². The molecule has 0 fully saturated rings. The highest BCUT2D eigenvalue weighted by Crippen LogP contribution is 2.25. The summed E-state index contributed by atoms with van der Waals surface area (Å²) in [5.74, 6) is 0. The summed E-state index contributed by atoms with van der Waals surface area (Å²) in [6, 6.07) is 6.25. The zero-order valence-electron chi connectivity index (χ0n) is 8.96. The number of rotatable bonds is 5. The fraction of sp³-hybridized carbons (Fsp3) is 0.455. The molecule has 0 bridgehead atoms. The number of hydrogen-bond acceptors (Lipinski definition) is 2. The molecule has 0 aliphatic heterocycles. The van der Waals surface area contributed by atoms with Crippen LogP contribution in [0.3, 0.4) is 0 Å². The molecule has 5 heteroatoms.